The van der Waals surface area contributed by atoms with Crippen LogP contribution in [0.2, 0.25) is 0 Å². The summed E-state index contributed by atoms with van der Waals surface area (Å²) >= 11 is 4.83. The Morgan fingerprint density at radius 3 is 2.57 bits per heavy atom. The van der Waals surface area contributed by atoms with Crippen molar-refractivity contribution in [1.29, 1.82) is 0 Å². The summed E-state index contributed by atoms with van der Waals surface area (Å²) in [6.07, 6.45) is 1.45. The Morgan fingerprint density at radius 2 is 1.95 bits per heavy atom. The van der Waals surface area contributed by atoms with Gasteiger partial charge >= 0.3 is 0 Å². The summed E-state index contributed by atoms with van der Waals surface area (Å²) < 4.78 is 27.2. The molecule has 0 saturated heterocycles. The highest BCUT2D eigenvalue weighted by molar-refractivity contribution is 7.89. The van der Waals surface area contributed by atoms with Crippen LogP contribution >= 0.6 is 12.2 Å². The van der Waals surface area contributed by atoms with Crippen LogP contribution in [0.3, 0.4) is 0 Å². The van der Waals surface area contributed by atoms with Crippen LogP contribution in [0.15, 0.2) is 47.5 Å². The van der Waals surface area contributed by atoms with Crippen molar-refractivity contribution >= 4 is 27.2 Å². The highest BCUT2D eigenvalue weighted by atomic mass is 32.2. The molecule has 0 aliphatic carbocycles. The summed E-state index contributed by atoms with van der Waals surface area (Å²) in [5.74, 6) is 0. The average molecular weight is 321 g/mol. The molecule has 1 aromatic heterocycles. The predicted molar refractivity (Wildman–Crippen MR) is 85.3 cm³/mol. The second-order valence-corrected chi connectivity index (χ2v) is 6.70. The van der Waals surface area contributed by atoms with Gasteiger partial charge in [-0.05, 0) is 24.6 Å². The van der Waals surface area contributed by atoms with E-state index in [1.807, 2.05) is 31.2 Å². The third-order valence-corrected chi connectivity index (χ3v) is 4.51. The molecule has 3 N–H and O–H groups in total. The fourth-order valence-electron chi connectivity index (χ4n) is 1.75. The molecule has 2 rings (SSSR count). The minimum absolute atomic E-state index is 0.00962. The number of sulfonamides is 1. The number of aromatic nitrogens is 1. The highest BCUT2D eigenvalue weighted by Crippen LogP contribution is 2.13. The molecule has 1 heterocycles. The maximum atomic E-state index is 12.3. The Hall–Kier alpha value is -1.83. The van der Waals surface area contributed by atoms with Crippen molar-refractivity contribution in [3.63, 3.8) is 0 Å². The van der Waals surface area contributed by atoms with Crippen molar-refractivity contribution in [2.75, 3.05) is 0 Å². The maximum absolute atomic E-state index is 12.3. The molecule has 1 aromatic carbocycles. The van der Waals surface area contributed by atoms with Crippen molar-refractivity contribution in [3.8, 4) is 0 Å². The molecule has 5 nitrogen and oxygen atoms in total. The van der Waals surface area contributed by atoms with Crippen LogP contribution in [0.5, 0.6) is 0 Å². The molecule has 0 aliphatic rings. The van der Waals surface area contributed by atoms with Crippen LogP contribution in [0.25, 0.3) is 0 Å². The number of pyridine rings is 1. The van der Waals surface area contributed by atoms with Gasteiger partial charge in [-0.3, -0.25) is 4.98 Å². The minimum atomic E-state index is -3.72. The first kappa shape index (κ1) is 15.6. The number of thiocarbonyl (C=S) groups is 1. The summed E-state index contributed by atoms with van der Waals surface area (Å²) in [5.41, 5.74) is 7.59. The first-order valence-electron chi connectivity index (χ1n) is 6.20. The Labute approximate surface area is 129 Å². The van der Waals surface area contributed by atoms with Crippen LogP contribution in [0.1, 0.15) is 16.8 Å². The molecule has 21 heavy (non-hydrogen) atoms. The van der Waals surface area contributed by atoms with Crippen LogP contribution in [0.4, 0.5) is 0 Å². The Bertz CT molecular complexity index is 756. The van der Waals surface area contributed by atoms with Crippen molar-refractivity contribution in [2.24, 2.45) is 5.73 Å². The number of hydrogen-bond acceptors (Lipinski definition) is 4. The third kappa shape index (κ3) is 3.84. The number of aryl methyl sites for hydroxylation is 1. The van der Waals surface area contributed by atoms with Crippen LogP contribution in [0, 0.1) is 6.92 Å². The van der Waals surface area contributed by atoms with E-state index in [0.717, 1.165) is 11.1 Å². The molecule has 0 saturated carbocycles. The van der Waals surface area contributed by atoms with Crippen LogP contribution in [-0.4, -0.2) is 18.4 Å². The van der Waals surface area contributed by atoms with Gasteiger partial charge in [-0.2, -0.15) is 0 Å². The molecular formula is C14H15N3O2S2. The zero-order valence-corrected chi connectivity index (χ0v) is 13.0. The zero-order valence-electron chi connectivity index (χ0n) is 11.4. The molecule has 2 aromatic rings. The normalized spacial score (nSPS) is 11.3. The number of nitrogens with two attached hydrogens (primary N) is 1. The highest BCUT2D eigenvalue weighted by Gasteiger charge is 2.20. The fourth-order valence-corrected chi connectivity index (χ4v) is 3.17. The summed E-state index contributed by atoms with van der Waals surface area (Å²) in [5, 5.41) is 0. The largest absolute Gasteiger partial charge is 0.388 e. The maximum Gasteiger partial charge on any atom is 0.243 e. The van der Waals surface area contributed by atoms with E-state index >= 15 is 0 Å². The van der Waals surface area contributed by atoms with Gasteiger partial charge in [0.15, 0.2) is 0 Å². The summed E-state index contributed by atoms with van der Waals surface area (Å²) in [7, 11) is -3.72. The first-order valence-corrected chi connectivity index (χ1v) is 8.09. The predicted octanol–water partition coefficient (Wildman–Crippen LogP) is 1.50. The van der Waals surface area contributed by atoms with Gasteiger partial charge < -0.3 is 5.73 Å². The Morgan fingerprint density at radius 1 is 1.29 bits per heavy atom. The zero-order chi connectivity index (χ0) is 15.5. The van der Waals surface area contributed by atoms with Crippen molar-refractivity contribution in [1.82, 2.24) is 9.71 Å². The van der Waals surface area contributed by atoms with Gasteiger partial charge in [0.1, 0.15) is 15.6 Å². The van der Waals surface area contributed by atoms with Gasteiger partial charge in [0, 0.05) is 12.7 Å². The molecule has 0 aliphatic heterocycles. The van der Waals surface area contributed by atoms with E-state index in [1.165, 1.54) is 18.3 Å². The molecular weight excluding hydrogens is 306 g/mol. The first-order chi connectivity index (χ1) is 9.90. The topological polar surface area (TPSA) is 85.1 Å². The third-order valence-electron chi connectivity index (χ3n) is 2.88. The standard InChI is InChI=1S/C14H15N3O2S2/c1-10-4-6-11(7-5-10)9-17-21(18,19)12-3-2-8-16-13(12)14(15)20/h2-8,17H,9H2,1H3,(H2,15,20). The number of benzene rings is 1. The molecule has 110 valence electrons. The van der Waals surface area contributed by atoms with Gasteiger partial charge in [0.25, 0.3) is 0 Å². The van der Waals surface area contributed by atoms with Gasteiger partial charge in [0.2, 0.25) is 10.0 Å². The minimum Gasteiger partial charge on any atom is -0.388 e. The number of nitrogens with zero attached hydrogens (tertiary/aromatic N) is 1. The van der Waals surface area contributed by atoms with Gasteiger partial charge in [-0.15, -0.1) is 0 Å². The summed E-state index contributed by atoms with van der Waals surface area (Å²) in [6, 6.07) is 10.6. The van der Waals surface area contributed by atoms with E-state index < -0.39 is 10.0 Å². The van der Waals surface area contributed by atoms with Gasteiger partial charge in [0.05, 0.1) is 0 Å². The van der Waals surface area contributed by atoms with E-state index in [-0.39, 0.29) is 22.1 Å². The molecule has 0 radical (unpaired) electrons. The second-order valence-electron chi connectivity index (χ2n) is 4.52. The van der Waals surface area contributed by atoms with Crippen LogP contribution < -0.4 is 10.5 Å². The smallest absolute Gasteiger partial charge is 0.243 e. The Kier molecular flexibility index (Phi) is 4.66. The SMILES string of the molecule is Cc1ccc(CNS(=O)(=O)c2cccnc2C(N)=S)cc1. The lowest BCUT2D eigenvalue weighted by Gasteiger charge is -2.10. The lowest BCUT2D eigenvalue weighted by atomic mass is 10.2. The number of nitrogens with one attached hydrogen (secondary N) is 1. The average Bonchev–Trinajstić information content (AvgIpc) is 2.47. The van der Waals surface area contributed by atoms with E-state index in [1.54, 1.807) is 0 Å². The van der Waals surface area contributed by atoms with E-state index in [9.17, 15) is 8.42 Å². The van der Waals surface area contributed by atoms with E-state index in [2.05, 4.69) is 9.71 Å². The molecule has 0 unspecified atom stereocenters. The summed E-state index contributed by atoms with van der Waals surface area (Å²) in [4.78, 5) is 3.87. The van der Waals surface area contributed by atoms with Crippen molar-refractivity contribution < 1.29 is 8.42 Å². The Balaban J connectivity index is 2.23. The molecule has 0 fully saturated rings. The fraction of sp³-hybridized carbons (Fsp3) is 0.143. The summed E-state index contributed by atoms with van der Waals surface area (Å²) in [6.45, 7) is 2.16. The molecule has 0 bridgehead atoms. The van der Waals surface area contributed by atoms with E-state index in [4.69, 9.17) is 18.0 Å². The molecule has 7 heteroatoms. The second kappa shape index (κ2) is 6.30. The number of rotatable bonds is 5. The number of hydrogen-bond donors (Lipinski definition) is 2. The van der Waals surface area contributed by atoms with Crippen molar-refractivity contribution in [3.05, 3.63) is 59.4 Å². The van der Waals surface area contributed by atoms with Crippen LogP contribution in [-0.2, 0) is 16.6 Å². The van der Waals surface area contributed by atoms with Gasteiger partial charge in [-0.1, -0.05) is 42.0 Å². The quantitative estimate of drug-likeness (QED) is 0.815. The van der Waals surface area contributed by atoms with Gasteiger partial charge in [-0.25, -0.2) is 13.1 Å². The van der Waals surface area contributed by atoms with E-state index in [0.29, 0.717) is 0 Å². The molecule has 0 spiro atoms. The lowest BCUT2D eigenvalue weighted by Crippen LogP contribution is -2.27. The van der Waals surface area contributed by atoms with Crippen molar-refractivity contribution in [2.45, 2.75) is 18.4 Å². The lowest BCUT2D eigenvalue weighted by molar-refractivity contribution is 0.580. The molecule has 0 amide bonds. The molecule has 0 atom stereocenters. The monoisotopic (exact) mass is 321 g/mol.